The zero-order valence-electron chi connectivity index (χ0n) is 27.6. The van der Waals surface area contributed by atoms with E-state index >= 15 is 0 Å². The zero-order chi connectivity index (χ0) is 33.7. The Morgan fingerprint density at radius 2 is 0.980 bits per heavy atom. The number of hydrogen-bond donors (Lipinski definition) is 0. The summed E-state index contributed by atoms with van der Waals surface area (Å²) in [6, 6.07) is 58.9. The minimum absolute atomic E-state index is 0.492. The maximum absolute atomic E-state index is 6.94. The molecule has 0 N–H and O–H groups in total. The number of rotatable bonds is 6. The lowest BCUT2D eigenvalue weighted by Gasteiger charge is -2.09. The molecule has 10 rings (SSSR count). The van der Waals surface area contributed by atoms with Gasteiger partial charge in [0.15, 0.2) is 17.2 Å². The van der Waals surface area contributed by atoms with E-state index in [0.717, 1.165) is 55.3 Å². The van der Waals surface area contributed by atoms with Gasteiger partial charge in [-0.2, -0.15) is 0 Å². The van der Waals surface area contributed by atoms with Crippen LogP contribution in [-0.2, 0) is 6.42 Å². The quantitative estimate of drug-likeness (QED) is 0.179. The third-order valence-electron chi connectivity index (χ3n) is 9.70. The fourth-order valence-electron chi connectivity index (χ4n) is 7.32. The number of nitrogens with zero attached hydrogens (tertiary/aromatic N) is 4. The normalized spacial score (nSPS) is 11.6. The van der Waals surface area contributed by atoms with Crippen LogP contribution in [0.5, 0.6) is 0 Å². The van der Waals surface area contributed by atoms with E-state index in [-0.39, 0.29) is 0 Å². The molecule has 0 saturated carbocycles. The molecule has 0 aliphatic rings. The smallest absolute Gasteiger partial charge is 0.163 e. The molecule has 240 valence electrons. The minimum Gasteiger partial charge on any atom is -0.454 e. The van der Waals surface area contributed by atoms with Gasteiger partial charge in [0.25, 0.3) is 0 Å². The summed E-state index contributed by atoms with van der Waals surface area (Å²) in [6.45, 7) is 0. The fourth-order valence-corrected chi connectivity index (χ4v) is 7.32. The average molecular weight is 655 g/mol. The number of fused-ring (bicyclic) bond motifs is 6. The first-order valence-corrected chi connectivity index (χ1v) is 17.2. The Hall–Kier alpha value is -6.85. The summed E-state index contributed by atoms with van der Waals surface area (Å²) in [4.78, 5) is 14.8. The molecule has 3 aromatic heterocycles. The van der Waals surface area contributed by atoms with Crippen LogP contribution in [0.4, 0.5) is 0 Å². The monoisotopic (exact) mass is 654 g/mol. The van der Waals surface area contributed by atoms with Crippen LogP contribution < -0.4 is 0 Å². The van der Waals surface area contributed by atoms with Crippen molar-refractivity contribution in [3.8, 4) is 39.6 Å². The molecule has 0 atom stereocenters. The SMILES string of the molecule is c1ccc(-c2ccc3c(c2)c2ccccc2n3-c2cccc3c2oc2c(Cc4nc(-c5ccccc5)nc(-c5ccccc5)n4)cccc23)cc1. The van der Waals surface area contributed by atoms with E-state index in [1.807, 2.05) is 60.7 Å². The largest absolute Gasteiger partial charge is 0.454 e. The second-order valence-electron chi connectivity index (χ2n) is 12.8. The van der Waals surface area contributed by atoms with Crippen LogP contribution in [0.15, 0.2) is 174 Å². The molecule has 0 saturated heterocycles. The van der Waals surface area contributed by atoms with Crippen molar-refractivity contribution in [2.24, 2.45) is 0 Å². The molecule has 0 aliphatic heterocycles. The lowest BCUT2D eigenvalue weighted by Crippen LogP contribution is -2.04. The van der Waals surface area contributed by atoms with E-state index in [0.29, 0.717) is 23.9 Å². The molecular formula is C46H30N4O. The highest BCUT2D eigenvalue weighted by Crippen LogP contribution is 2.40. The lowest BCUT2D eigenvalue weighted by atomic mass is 10.0. The summed E-state index contributed by atoms with van der Waals surface area (Å²) in [6.07, 6.45) is 0.492. The molecule has 5 nitrogen and oxygen atoms in total. The number of para-hydroxylation sites is 3. The van der Waals surface area contributed by atoms with Crippen LogP contribution >= 0.6 is 0 Å². The average Bonchev–Trinajstić information content (AvgIpc) is 3.75. The van der Waals surface area contributed by atoms with Crippen molar-refractivity contribution >= 4 is 43.7 Å². The van der Waals surface area contributed by atoms with Crippen LogP contribution in [0, 0.1) is 0 Å². The molecule has 0 bridgehead atoms. The van der Waals surface area contributed by atoms with Crippen molar-refractivity contribution in [1.29, 1.82) is 0 Å². The summed E-state index contributed by atoms with van der Waals surface area (Å²) in [5, 5.41) is 4.55. The Bertz CT molecular complexity index is 2820. The van der Waals surface area contributed by atoms with Gasteiger partial charge in [0, 0.05) is 44.7 Å². The van der Waals surface area contributed by atoms with Gasteiger partial charge in [-0.1, -0.05) is 146 Å². The Balaban J connectivity index is 1.14. The molecule has 7 aromatic carbocycles. The van der Waals surface area contributed by atoms with Gasteiger partial charge in [0.1, 0.15) is 11.4 Å². The van der Waals surface area contributed by atoms with Crippen molar-refractivity contribution in [2.75, 3.05) is 0 Å². The molecule has 0 spiro atoms. The minimum atomic E-state index is 0.492. The topological polar surface area (TPSA) is 56.7 Å². The van der Waals surface area contributed by atoms with Gasteiger partial charge in [-0.3, -0.25) is 0 Å². The number of furan rings is 1. The van der Waals surface area contributed by atoms with Gasteiger partial charge in [-0.25, -0.2) is 15.0 Å². The van der Waals surface area contributed by atoms with Crippen LogP contribution in [-0.4, -0.2) is 19.5 Å². The highest BCUT2D eigenvalue weighted by Gasteiger charge is 2.20. The first-order valence-electron chi connectivity index (χ1n) is 17.2. The van der Waals surface area contributed by atoms with Gasteiger partial charge >= 0.3 is 0 Å². The Morgan fingerprint density at radius 1 is 0.412 bits per heavy atom. The maximum atomic E-state index is 6.94. The third kappa shape index (κ3) is 4.98. The van der Waals surface area contributed by atoms with Crippen LogP contribution in [0.2, 0.25) is 0 Å². The molecule has 0 fully saturated rings. The summed E-state index contributed by atoms with van der Waals surface area (Å²) < 4.78 is 9.28. The summed E-state index contributed by atoms with van der Waals surface area (Å²) >= 11 is 0. The van der Waals surface area contributed by atoms with E-state index in [4.69, 9.17) is 19.4 Å². The van der Waals surface area contributed by atoms with Crippen molar-refractivity contribution < 1.29 is 4.42 Å². The van der Waals surface area contributed by atoms with Gasteiger partial charge in [0.05, 0.1) is 16.7 Å². The molecule has 0 unspecified atom stereocenters. The standard InChI is InChI=1S/C46H30N4O/c1-4-14-30(15-5-1)33-26-27-40-38(28-33)35-21-10-11-24-39(35)50(40)41-25-13-23-37-36-22-12-20-34(43(36)51-44(37)41)29-42-47-45(31-16-6-2-7-17-31)49-46(48-42)32-18-8-3-9-19-32/h1-28H,29H2. The van der Waals surface area contributed by atoms with Crippen LogP contribution in [0.1, 0.15) is 11.4 Å². The van der Waals surface area contributed by atoms with Gasteiger partial charge in [0.2, 0.25) is 0 Å². The molecule has 3 heterocycles. The zero-order valence-corrected chi connectivity index (χ0v) is 27.6. The highest BCUT2D eigenvalue weighted by atomic mass is 16.3. The van der Waals surface area contributed by atoms with Crippen molar-refractivity contribution in [3.63, 3.8) is 0 Å². The first kappa shape index (κ1) is 29.1. The van der Waals surface area contributed by atoms with Crippen LogP contribution in [0.25, 0.3) is 83.3 Å². The Labute approximate surface area is 294 Å². The number of aromatic nitrogens is 4. The second-order valence-corrected chi connectivity index (χ2v) is 12.8. The molecular weight excluding hydrogens is 625 g/mol. The second kappa shape index (κ2) is 11.9. The summed E-state index contributed by atoms with van der Waals surface area (Å²) in [5.74, 6) is 1.99. The number of benzene rings is 7. The van der Waals surface area contributed by atoms with Crippen molar-refractivity contribution in [2.45, 2.75) is 6.42 Å². The molecule has 51 heavy (non-hydrogen) atoms. The molecule has 5 heteroatoms. The fraction of sp³-hybridized carbons (Fsp3) is 0.0217. The maximum Gasteiger partial charge on any atom is 0.163 e. The molecule has 10 aromatic rings. The predicted octanol–water partition coefficient (Wildman–Crippen LogP) is 11.5. The van der Waals surface area contributed by atoms with E-state index in [1.54, 1.807) is 0 Å². The molecule has 0 amide bonds. The van der Waals surface area contributed by atoms with E-state index < -0.39 is 0 Å². The molecule has 0 radical (unpaired) electrons. The van der Waals surface area contributed by atoms with E-state index in [9.17, 15) is 0 Å². The number of hydrogen-bond acceptors (Lipinski definition) is 4. The summed E-state index contributed by atoms with van der Waals surface area (Å²) in [5.41, 5.74) is 10.3. The first-order chi connectivity index (χ1) is 25.3. The Kier molecular flexibility index (Phi) is 6.81. The predicted molar refractivity (Wildman–Crippen MR) is 207 cm³/mol. The molecule has 0 aliphatic carbocycles. The lowest BCUT2D eigenvalue weighted by molar-refractivity contribution is 0.660. The van der Waals surface area contributed by atoms with Gasteiger partial charge < -0.3 is 8.98 Å². The van der Waals surface area contributed by atoms with Crippen molar-refractivity contribution in [3.05, 3.63) is 181 Å². The van der Waals surface area contributed by atoms with E-state index in [2.05, 4.69) is 114 Å². The third-order valence-corrected chi connectivity index (χ3v) is 9.70. The van der Waals surface area contributed by atoms with Crippen LogP contribution in [0.3, 0.4) is 0 Å². The van der Waals surface area contributed by atoms with Gasteiger partial charge in [-0.05, 0) is 35.4 Å². The highest BCUT2D eigenvalue weighted by molar-refractivity contribution is 6.13. The Morgan fingerprint density at radius 3 is 1.69 bits per heavy atom. The van der Waals surface area contributed by atoms with Gasteiger partial charge in [-0.15, -0.1) is 0 Å². The van der Waals surface area contributed by atoms with E-state index in [1.165, 1.54) is 21.9 Å². The van der Waals surface area contributed by atoms with Crippen molar-refractivity contribution in [1.82, 2.24) is 19.5 Å². The summed E-state index contributed by atoms with van der Waals surface area (Å²) in [7, 11) is 0.